The van der Waals surface area contributed by atoms with E-state index in [0.717, 1.165) is 32.5 Å². The summed E-state index contributed by atoms with van der Waals surface area (Å²) in [5, 5.41) is 5.46. The van der Waals surface area contributed by atoms with E-state index in [4.69, 9.17) is 5.73 Å². The molecular formula is C10H20N4O2. The number of hydrogen-bond donors (Lipinski definition) is 3. The fourth-order valence-corrected chi connectivity index (χ4v) is 1.96. The standard InChI is InChI=1S/C10H20N4O2/c1-2-12-8-3-5-14(6-4-8)7-9(15)13-10(11)16/h8,12H,2-7H2,1H3,(H3,11,13,15,16). The Bertz CT molecular complexity index is 249. The molecule has 0 radical (unpaired) electrons. The van der Waals surface area contributed by atoms with Crippen LogP contribution >= 0.6 is 0 Å². The molecule has 0 atom stereocenters. The Hall–Kier alpha value is -1.14. The number of piperidine rings is 1. The zero-order valence-electron chi connectivity index (χ0n) is 9.66. The van der Waals surface area contributed by atoms with E-state index in [9.17, 15) is 9.59 Å². The molecule has 1 aliphatic rings. The number of carbonyl (C=O) groups excluding carboxylic acids is 2. The summed E-state index contributed by atoms with van der Waals surface area (Å²) in [6.07, 6.45) is 2.08. The topological polar surface area (TPSA) is 87.5 Å². The quantitative estimate of drug-likeness (QED) is 0.591. The summed E-state index contributed by atoms with van der Waals surface area (Å²) in [6, 6.07) is -0.229. The minimum absolute atomic E-state index is 0.252. The lowest BCUT2D eigenvalue weighted by Crippen LogP contribution is -2.47. The van der Waals surface area contributed by atoms with E-state index in [1.54, 1.807) is 0 Å². The van der Waals surface area contributed by atoms with E-state index >= 15 is 0 Å². The third kappa shape index (κ3) is 4.59. The molecule has 0 saturated carbocycles. The minimum Gasteiger partial charge on any atom is -0.351 e. The number of nitrogens with two attached hydrogens (primary N) is 1. The van der Waals surface area contributed by atoms with E-state index in [0.29, 0.717) is 6.04 Å². The van der Waals surface area contributed by atoms with Crippen LogP contribution in [0.2, 0.25) is 0 Å². The molecule has 3 amide bonds. The second kappa shape index (κ2) is 6.44. The molecule has 1 rings (SSSR count). The smallest absolute Gasteiger partial charge is 0.318 e. The molecule has 92 valence electrons. The summed E-state index contributed by atoms with van der Waals surface area (Å²) in [4.78, 5) is 23.7. The van der Waals surface area contributed by atoms with Crippen molar-refractivity contribution in [3.8, 4) is 0 Å². The Labute approximate surface area is 95.5 Å². The molecule has 16 heavy (non-hydrogen) atoms. The van der Waals surface area contributed by atoms with E-state index in [1.807, 2.05) is 4.90 Å². The first kappa shape index (κ1) is 12.9. The Kier molecular flexibility index (Phi) is 5.21. The van der Waals surface area contributed by atoms with Crippen LogP contribution < -0.4 is 16.4 Å². The fourth-order valence-electron chi connectivity index (χ4n) is 1.96. The van der Waals surface area contributed by atoms with Crippen molar-refractivity contribution in [2.24, 2.45) is 5.73 Å². The van der Waals surface area contributed by atoms with Gasteiger partial charge in [-0.3, -0.25) is 15.0 Å². The molecule has 0 unspecified atom stereocenters. The van der Waals surface area contributed by atoms with E-state index in [-0.39, 0.29) is 12.5 Å². The highest BCUT2D eigenvalue weighted by Gasteiger charge is 2.20. The van der Waals surface area contributed by atoms with Crippen LogP contribution in [0.1, 0.15) is 19.8 Å². The van der Waals surface area contributed by atoms with Crippen molar-refractivity contribution in [1.82, 2.24) is 15.5 Å². The van der Waals surface area contributed by atoms with Crippen LogP contribution in [0, 0.1) is 0 Å². The van der Waals surface area contributed by atoms with E-state index < -0.39 is 6.03 Å². The number of imide groups is 1. The minimum atomic E-state index is -0.785. The van der Waals surface area contributed by atoms with Gasteiger partial charge < -0.3 is 11.1 Å². The Morgan fingerprint density at radius 1 is 1.38 bits per heavy atom. The molecule has 6 heteroatoms. The van der Waals surface area contributed by atoms with Crippen LogP contribution in [-0.4, -0.2) is 49.1 Å². The molecule has 1 saturated heterocycles. The van der Waals surface area contributed by atoms with Crippen LogP contribution in [0.25, 0.3) is 0 Å². The number of hydrogen-bond acceptors (Lipinski definition) is 4. The number of likely N-dealkylation sites (tertiary alicyclic amines) is 1. The maximum absolute atomic E-state index is 11.3. The average Bonchev–Trinajstić information content (AvgIpc) is 2.20. The summed E-state index contributed by atoms with van der Waals surface area (Å²) in [5.41, 5.74) is 4.86. The predicted octanol–water partition coefficient (Wildman–Crippen LogP) is -0.745. The van der Waals surface area contributed by atoms with Gasteiger partial charge in [0, 0.05) is 19.1 Å². The highest BCUT2D eigenvalue weighted by Crippen LogP contribution is 2.09. The highest BCUT2D eigenvalue weighted by atomic mass is 16.2. The molecule has 0 aromatic heterocycles. The van der Waals surface area contributed by atoms with Gasteiger partial charge >= 0.3 is 6.03 Å². The number of amides is 3. The Morgan fingerprint density at radius 3 is 2.50 bits per heavy atom. The second-order valence-corrected chi connectivity index (χ2v) is 4.02. The third-order valence-electron chi connectivity index (χ3n) is 2.71. The van der Waals surface area contributed by atoms with Crippen LogP contribution in [0.4, 0.5) is 4.79 Å². The van der Waals surface area contributed by atoms with Gasteiger partial charge in [0.25, 0.3) is 0 Å². The summed E-state index contributed by atoms with van der Waals surface area (Å²) in [7, 11) is 0. The fraction of sp³-hybridized carbons (Fsp3) is 0.800. The molecule has 0 aliphatic carbocycles. The van der Waals surface area contributed by atoms with Gasteiger partial charge in [-0.2, -0.15) is 0 Å². The molecule has 1 heterocycles. The molecule has 0 aromatic rings. The first-order chi connectivity index (χ1) is 7.61. The maximum Gasteiger partial charge on any atom is 0.318 e. The summed E-state index contributed by atoms with van der Waals surface area (Å²) >= 11 is 0. The molecule has 6 nitrogen and oxygen atoms in total. The lowest BCUT2D eigenvalue weighted by atomic mass is 10.1. The number of primary amides is 1. The molecule has 0 spiro atoms. The zero-order valence-corrected chi connectivity index (χ0v) is 9.66. The van der Waals surface area contributed by atoms with Crippen molar-refractivity contribution >= 4 is 11.9 Å². The lowest BCUT2D eigenvalue weighted by Gasteiger charge is -2.31. The van der Waals surface area contributed by atoms with Gasteiger partial charge in [-0.05, 0) is 19.4 Å². The van der Waals surface area contributed by atoms with Gasteiger partial charge in [0.15, 0.2) is 0 Å². The van der Waals surface area contributed by atoms with Gasteiger partial charge in [-0.1, -0.05) is 6.92 Å². The van der Waals surface area contributed by atoms with Crippen LogP contribution in [0.5, 0.6) is 0 Å². The lowest BCUT2D eigenvalue weighted by molar-refractivity contribution is -0.121. The van der Waals surface area contributed by atoms with Crippen molar-refractivity contribution in [2.75, 3.05) is 26.2 Å². The van der Waals surface area contributed by atoms with Crippen molar-refractivity contribution in [2.45, 2.75) is 25.8 Å². The molecule has 4 N–H and O–H groups in total. The summed E-state index contributed by atoms with van der Waals surface area (Å²) < 4.78 is 0. The summed E-state index contributed by atoms with van der Waals surface area (Å²) in [6.45, 7) is 5.08. The van der Waals surface area contributed by atoms with Gasteiger partial charge in [0.2, 0.25) is 5.91 Å². The Morgan fingerprint density at radius 2 is 2.00 bits per heavy atom. The van der Waals surface area contributed by atoms with Crippen molar-refractivity contribution in [1.29, 1.82) is 0 Å². The largest absolute Gasteiger partial charge is 0.351 e. The number of nitrogens with one attached hydrogen (secondary N) is 2. The first-order valence-electron chi connectivity index (χ1n) is 5.66. The predicted molar refractivity (Wildman–Crippen MR) is 60.9 cm³/mol. The molecule has 0 aromatic carbocycles. The zero-order chi connectivity index (χ0) is 12.0. The summed E-state index contributed by atoms with van der Waals surface area (Å²) in [5.74, 6) is -0.325. The van der Waals surface area contributed by atoms with E-state index in [2.05, 4.69) is 17.6 Å². The number of rotatable bonds is 4. The SMILES string of the molecule is CCNC1CCN(CC(=O)NC(N)=O)CC1. The molecule has 1 fully saturated rings. The molecular weight excluding hydrogens is 208 g/mol. The number of nitrogens with zero attached hydrogens (tertiary/aromatic N) is 1. The van der Waals surface area contributed by atoms with Crippen molar-refractivity contribution in [3.63, 3.8) is 0 Å². The average molecular weight is 228 g/mol. The van der Waals surface area contributed by atoms with Gasteiger partial charge in [-0.15, -0.1) is 0 Å². The van der Waals surface area contributed by atoms with E-state index in [1.165, 1.54) is 0 Å². The number of urea groups is 1. The first-order valence-corrected chi connectivity index (χ1v) is 5.66. The maximum atomic E-state index is 11.3. The molecule has 1 aliphatic heterocycles. The van der Waals surface area contributed by atoms with Crippen molar-refractivity contribution < 1.29 is 9.59 Å². The Balaban J connectivity index is 2.21. The van der Waals surface area contributed by atoms with Crippen molar-refractivity contribution in [3.05, 3.63) is 0 Å². The third-order valence-corrected chi connectivity index (χ3v) is 2.71. The monoisotopic (exact) mass is 228 g/mol. The van der Waals surface area contributed by atoms with Crippen LogP contribution in [-0.2, 0) is 4.79 Å². The van der Waals surface area contributed by atoms with Crippen LogP contribution in [0.15, 0.2) is 0 Å². The number of carbonyl (C=O) groups is 2. The van der Waals surface area contributed by atoms with Gasteiger partial charge in [-0.25, -0.2) is 4.79 Å². The normalized spacial score (nSPS) is 18.3. The second-order valence-electron chi connectivity index (χ2n) is 4.02. The van der Waals surface area contributed by atoms with Gasteiger partial charge in [0.05, 0.1) is 6.54 Å². The van der Waals surface area contributed by atoms with Gasteiger partial charge in [0.1, 0.15) is 0 Å². The van der Waals surface area contributed by atoms with Crippen LogP contribution in [0.3, 0.4) is 0 Å². The highest BCUT2D eigenvalue weighted by molar-refractivity contribution is 5.94. The molecule has 0 bridgehead atoms.